The van der Waals surface area contributed by atoms with E-state index in [2.05, 4.69) is 20.6 Å². The second-order valence-electron chi connectivity index (χ2n) is 6.87. The molecule has 0 radical (unpaired) electrons. The molecule has 0 aliphatic carbocycles. The molecule has 9 heteroatoms. The molecule has 2 amide bonds. The van der Waals surface area contributed by atoms with Crippen LogP contribution in [0.2, 0.25) is 0 Å². The fourth-order valence-electron chi connectivity index (χ4n) is 3.42. The number of hydrogen-bond acceptors (Lipinski definition) is 4. The van der Waals surface area contributed by atoms with Gasteiger partial charge in [0.2, 0.25) is 0 Å². The van der Waals surface area contributed by atoms with Crippen LogP contribution in [0.3, 0.4) is 0 Å². The van der Waals surface area contributed by atoms with Gasteiger partial charge in [0.1, 0.15) is 5.82 Å². The Bertz CT molecular complexity index is 1060. The Morgan fingerprint density at radius 2 is 1.86 bits per heavy atom. The number of nitrogens with one attached hydrogen (secondary N) is 2. The quantitative estimate of drug-likeness (QED) is 0.697. The summed E-state index contributed by atoms with van der Waals surface area (Å²) in [6.45, 7) is 2.40. The van der Waals surface area contributed by atoms with E-state index in [-0.39, 0.29) is 24.9 Å². The van der Waals surface area contributed by atoms with Crippen molar-refractivity contribution in [2.75, 3.05) is 23.3 Å². The molecule has 0 spiro atoms. The lowest BCUT2D eigenvalue weighted by Gasteiger charge is -2.41. The third-order valence-corrected chi connectivity index (χ3v) is 4.86. The smallest absolute Gasteiger partial charge is 0.352 e. The predicted octanol–water partition coefficient (Wildman–Crippen LogP) is 3.97. The summed E-state index contributed by atoms with van der Waals surface area (Å²) in [7, 11) is 0. The van der Waals surface area contributed by atoms with E-state index in [1.54, 1.807) is 12.3 Å². The number of carbonyl (C=O) groups is 1. The summed E-state index contributed by atoms with van der Waals surface area (Å²) in [4.78, 5) is 22.0. The minimum atomic E-state index is -4.47. The van der Waals surface area contributed by atoms with Crippen molar-refractivity contribution < 1.29 is 18.0 Å². The van der Waals surface area contributed by atoms with Gasteiger partial charge in [-0.15, -0.1) is 0 Å². The Hall–Kier alpha value is -3.36. The van der Waals surface area contributed by atoms with Crippen LogP contribution in [-0.4, -0.2) is 35.1 Å². The minimum absolute atomic E-state index is 0.115. The highest BCUT2D eigenvalue weighted by molar-refractivity contribution is 6.02. The van der Waals surface area contributed by atoms with Gasteiger partial charge in [0.25, 0.3) is 0 Å². The maximum atomic E-state index is 13.1. The van der Waals surface area contributed by atoms with E-state index in [1.165, 1.54) is 17.2 Å². The lowest BCUT2D eigenvalue weighted by Crippen LogP contribution is -2.60. The number of amides is 2. The highest BCUT2D eigenvalue weighted by Gasteiger charge is 2.39. The molecular formula is C20H18F3N5O. The molecule has 6 nitrogen and oxygen atoms in total. The fraction of sp³-hybridized carbons (Fsp3) is 0.250. The first-order valence-electron chi connectivity index (χ1n) is 9.02. The SMILES string of the molecule is Cc1nccc2c(NC(=O)NC3CN(c4ncccc4C(F)(F)F)C3)cccc12. The summed E-state index contributed by atoms with van der Waals surface area (Å²) in [6.07, 6.45) is -1.47. The molecule has 0 atom stereocenters. The van der Waals surface area contributed by atoms with Gasteiger partial charge in [-0.2, -0.15) is 13.2 Å². The molecule has 1 fully saturated rings. The number of hydrogen-bond donors (Lipinski definition) is 2. The van der Waals surface area contributed by atoms with Crippen LogP contribution in [0.4, 0.5) is 29.5 Å². The Balaban J connectivity index is 1.40. The van der Waals surface area contributed by atoms with Crippen molar-refractivity contribution in [3.8, 4) is 0 Å². The lowest BCUT2D eigenvalue weighted by molar-refractivity contribution is -0.137. The van der Waals surface area contributed by atoms with Crippen LogP contribution in [0, 0.1) is 6.92 Å². The summed E-state index contributed by atoms with van der Waals surface area (Å²) in [6, 6.07) is 8.96. The van der Waals surface area contributed by atoms with Crippen LogP contribution >= 0.6 is 0 Å². The number of halogens is 3. The van der Waals surface area contributed by atoms with Crippen LogP contribution in [0.15, 0.2) is 48.8 Å². The number of fused-ring (bicyclic) bond motifs is 1. The van der Waals surface area contributed by atoms with Crippen molar-refractivity contribution in [2.24, 2.45) is 0 Å². The van der Waals surface area contributed by atoms with E-state index in [4.69, 9.17) is 0 Å². The number of urea groups is 1. The highest BCUT2D eigenvalue weighted by Crippen LogP contribution is 2.36. The van der Waals surface area contributed by atoms with Gasteiger partial charge in [-0.05, 0) is 31.2 Å². The molecule has 3 aromatic rings. The van der Waals surface area contributed by atoms with Crippen molar-refractivity contribution in [1.29, 1.82) is 0 Å². The van der Waals surface area contributed by atoms with Crippen molar-refractivity contribution >= 4 is 28.3 Å². The molecule has 1 aliphatic rings. The van der Waals surface area contributed by atoms with E-state index < -0.39 is 17.8 Å². The topological polar surface area (TPSA) is 70.2 Å². The molecule has 1 aliphatic heterocycles. The zero-order valence-electron chi connectivity index (χ0n) is 15.5. The molecule has 4 rings (SSSR count). The number of pyridine rings is 2. The van der Waals surface area contributed by atoms with Crippen molar-refractivity contribution in [3.63, 3.8) is 0 Å². The lowest BCUT2D eigenvalue weighted by atomic mass is 10.1. The number of aromatic nitrogens is 2. The summed E-state index contributed by atoms with van der Waals surface area (Å²) in [5.74, 6) is -0.115. The third-order valence-electron chi connectivity index (χ3n) is 4.86. The van der Waals surface area contributed by atoms with E-state index in [0.29, 0.717) is 5.69 Å². The largest absolute Gasteiger partial charge is 0.419 e. The van der Waals surface area contributed by atoms with Gasteiger partial charge in [0.05, 0.1) is 17.3 Å². The molecule has 29 heavy (non-hydrogen) atoms. The molecular weight excluding hydrogens is 383 g/mol. The Morgan fingerprint density at radius 3 is 2.62 bits per heavy atom. The van der Waals surface area contributed by atoms with Gasteiger partial charge < -0.3 is 15.5 Å². The molecule has 1 aromatic carbocycles. The van der Waals surface area contributed by atoms with E-state index >= 15 is 0 Å². The highest BCUT2D eigenvalue weighted by atomic mass is 19.4. The van der Waals surface area contributed by atoms with Crippen molar-refractivity contribution in [1.82, 2.24) is 15.3 Å². The van der Waals surface area contributed by atoms with Crippen molar-refractivity contribution in [2.45, 2.75) is 19.1 Å². The molecule has 1 saturated heterocycles. The molecule has 0 saturated carbocycles. The van der Waals surface area contributed by atoms with Gasteiger partial charge in [0.15, 0.2) is 0 Å². The molecule has 2 aromatic heterocycles. The monoisotopic (exact) mass is 401 g/mol. The minimum Gasteiger partial charge on any atom is -0.352 e. The number of alkyl halides is 3. The first-order valence-corrected chi connectivity index (χ1v) is 9.02. The van der Waals surface area contributed by atoms with Gasteiger partial charge in [0, 0.05) is 41.9 Å². The maximum Gasteiger partial charge on any atom is 0.419 e. The predicted molar refractivity (Wildman–Crippen MR) is 104 cm³/mol. The second-order valence-corrected chi connectivity index (χ2v) is 6.87. The van der Waals surface area contributed by atoms with E-state index in [9.17, 15) is 18.0 Å². The standard InChI is InChI=1S/C20H18F3N5O/c1-12-14-4-2-6-17(15(14)7-9-24-12)27-19(29)26-13-10-28(11-13)18-16(20(21,22)23)5-3-8-25-18/h2-9,13H,10-11H2,1H3,(H2,26,27,29). The zero-order valence-corrected chi connectivity index (χ0v) is 15.5. The fourth-order valence-corrected chi connectivity index (χ4v) is 3.42. The maximum absolute atomic E-state index is 13.1. The van der Waals surface area contributed by atoms with E-state index in [1.807, 2.05) is 25.1 Å². The average Bonchev–Trinajstić information content (AvgIpc) is 2.64. The average molecular weight is 401 g/mol. The Kier molecular flexibility index (Phi) is 4.73. The number of rotatable bonds is 3. The zero-order chi connectivity index (χ0) is 20.6. The second kappa shape index (κ2) is 7.23. The van der Waals surface area contributed by atoms with E-state index in [0.717, 1.165) is 22.5 Å². The normalized spacial score (nSPS) is 14.6. The molecule has 0 unspecified atom stereocenters. The molecule has 3 heterocycles. The first kappa shape index (κ1) is 19.0. The number of aryl methyl sites for hydroxylation is 1. The van der Waals surface area contributed by atoms with Crippen LogP contribution in [-0.2, 0) is 6.18 Å². The Morgan fingerprint density at radius 1 is 1.07 bits per heavy atom. The summed E-state index contributed by atoms with van der Waals surface area (Å²) in [5, 5.41) is 7.40. The number of anilines is 2. The van der Waals surface area contributed by atoms with Gasteiger partial charge in [-0.3, -0.25) is 4.98 Å². The summed E-state index contributed by atoms with van der Waals surface area (Å²) < 4.78 is 39.4. The Labute approximate surface area is 164 Å². The summed E-state index contributed by atoms with van der Waals surface area (Å²) in [5.41, 5.74) is 0.727. The first-order chi connectivity index (χ1) is 13.8. The third kappa shape index (κ3) is 3.80. The van der Waals surface area contributed by atoms with Crippen LogP contribution in [0.5, 0.6) is 0 Å². The van der Waals surface area contributed by atoms with Crippen LogP contribution in [0.1, 0.15) is 11.3 Å². The van der Waals surface area contributed by atoms with Gasteiger partial charge >= 0.3 is 12.2 Å². The van der Waals surface area contributed by atoms with Crippen LogP contribution in [0.25, 0.3) is 10.8 Å². The van der Waals surface area contributed by atoms with Gasteiger partial charge in [-0.25, -0.2) is 9.78 Å². The van der Waals surface area contributed by atoms with Gasteiger partial charge in [-0.1, -0.05) is 12.1 Å². The van der Waals surface area contributed by atoms with Crippen molar-refractivity contribution in [3.05, 3.63) is 60.0 Å². The molecule has 2 N–H and O–H groups in total. The van der Waals surface area contributed by atoms with Crippen LogP contribution < -0.4 is 15.5 Å². The molecule has 0 bridgehead atoms. The number of carbonyl (C=O) groups excluding carboxylic acids is 1. The number of nitrogens with zero attached hydrogens (tertiary/aromatic N) is 3. The number of benzene rings is 1. The summed E-state index contributed by atoms with van der Waals surface area (Å²) >= 11 is 0. The molecule has 150 valence electrons.